The van der Waals surface area contributed by atoms with E-state index in [-0.39, 0.29) is 17.6 Å². The molecule has 2 saturated heterocycles. The lowest BCUT2D eigenvalue weighted by atomic mass is 9.99. The van der Waals surface area contributed by atoms with Gasteiger partial charge in [-0.3, -0.25) is 19.1 Å². The van der Waals surface area contributed by atoms with Crippen molar-refractivity contribution in [3.05, 3.63) is 88.3 Å². The SMILES string of the molecule is Cc1ccccc1-c1cc2cnc(NC3CCN(C(=O)CC4CCCC4)CC3)nc2n(C2CCN(Cc3ccccc3)CC2)c1=O. The second-order valence-corrected chi connectivity index (χ2v) is 13.7. The lowest BCUT2D eigenvalue weighted by Crippen LogP contribution is -2.43. The first-order chi connectivity index (χ1) is 22.5. The van der Waals surface area contributed by atoms with Crippen LogP contribution in [0.25, 0.3) is 22.2 Å². The summed E-state index contributed by atoms with van der Waals surface area (Å²) in [5.41, 5.74) is 4.78. The molecule has 7 rings (SSSR count). The summed E-state index contributed by atoms with van der Waals surface area (Å²) in [4.78, 5) is 41.5. The Morgan fingerprint density at radius 2 is 1.59 bits per heavy atom. The van der Waals surface area contributed by atoms with Crippen LogP contribution in [-0.2, 0) is 11.3 Å². The maximum atomic E-state index is 14.4. The fourth-order valence-electron chi connectivity index (χ4n) is 7.82. The molecule has 2 aliphatic heterocycles. The zero-order valence-electron chi connectivity index (χ0n) is 27.0. The maximum Gasteiger partial charge on any atom is 0.260 e. The standard InChI is InChI=1S/C38H46N6O2/c1-27-9-5-8-14-33(27)34-24-30-25-39-38(40-31-15-21-43(22-16-31)35(45)23-28-10-6-7-11-28)41-36(30)44(37(34)46)32-17-19-42(20-18-32)26-29-12-3-2-4-13-29/h2-5,8-9,12-14,24-25,28,31-32H,6-7,10-11,15-23,26H2,1H3,(H,39,40,41). The molecule has 0 atom stereocenters. The van der Waals surface area contributed by atoms with Gasteiger partial charge in [-0.2, -0.15) is 4.98 Å². The Morgan fingerprint density at radius 1 is 0.870 bits per heavy atom. The molecule has 3 aliphatic rings. The van der Waals surface area contributed by atoms with E-state index in [1.165, 1.54) is 31.2 Å². The van der Waals surface area contributed by atoms with Crippen molar-refractivity contribution >= 4 is 22.9 Å². The number of hydrogen-bond acceptors (Lipinski definition) is 6. The van der Waals surface area contributed by atoms with Gasteiger partial charge in [-0.25, -0.2) is 4.98 Å². The third kappa shape index (κ3) is 6.73. The smallest absolute Gasteiger partial charge is 0.260 e. The van der Waals surface area contributed by atoms with Gasteiger partial charge in [0.15, 0.2) is 0 Å². The first kappa shape index (κ1) is 30.6. The third-order valence-corrected chi connectivity index (χ3v) is 10.5. The summed E-state index contributed by atoms with van der Waals surface area (Å²) in [5, 5.41) is 4.44. The predicted molar refractivity (Wildman–Crippen MR) is 184 cm³/mol. The number of hydrogen-bond donors (Lipinski definition) is 1. The van der Waals surface area contributed by atoms with E-state index < -0.39 is 0 Å². The minimum absolute atomic E-state index is 0.0158. The summed E-state index contributed by atoms with van der Waals surface area (Å²) in [6.45, 7) is 6.37. The molecule has 46 heavy (non-hydrogen) atoms. The van der Waals surface area contributed by atoms with Crippen LogP contribution in [0.4, 0.5) is 5.95 Å². The summed E-state index contributed by atoms with van der Waals surface area (Å²) in [7, 11) is 0. The fourth-order valence-corrected chi connectivity index (χ4v) is 7.82. The van der Waals surface area contributed by atoms with E-state index in [1.54, 1.807) is 0 Å². The summed E-state index contributed by atoms with van der Waals surface area (Å²) < 4.78 is 1.97. The van der Waals surface area contributed by atoms with Crippen molar-refractivity contribution in [1.82, 2.24) is 24.3 Å². The molecule has 3 fully saturated rings. The molecule has 240 valence electrons. The Bertz CT molecular complexity index is 1710. The topological polar surface area (TPSA) is 83.4 Å². The van der Waals surface area contributed by atoms with Crippen LogP contribution in [0.3, 0.4) is 0 Å². The van der Waals surface area contributed by atoms with Gasteiger partial charge in [-0.05, 0) is 74.1 Å². The van der Waals surface area contributed by atoms with Crippen LogP contribution in [0.15, 0.2) is 71.7 Å². The normalized spacial score (nSPS) is 18.8. The van der Waals surface area contributed by atoms with Crippen LogP contribution in [0.1, 0.15) is 75.0 Å². The first-order valence-electron chi connectivity index (χ1n) is 17.3. The summed E-state index contributed by atoms with van der Waals surface area (Å²) in [5.74, 6) is 1.45. The van der Waals surface area contributed by atoms with Gasteiger partial charge in [0, 0.05) is 68.4 Å². The van der Waals surface area contributed by atoms with Crippen molar-refractivity contribution in [2.45, 2.75) is 83.3 Å². The monoisotopic (exact) mass is 618 g/mol. The van der Waals surface area contributed by atoms with E-state index >= 15 is 0 Å². The molecule has 0 bridgehead atoms. The van der Waals surface area contributed by atoms with Crippen LogP contribution in [0.5, 0.6) is 0 Å². The van der Waals surface area contributed by atoms with Gasteiger partial charge >= 0.3 is 0 Å². The average molecular weight is 619 g/mol. The lowest BCUT2D eigenvalue weighted by Gasteiger charge is -2.34. The molecule has 1 aliphatic carbocycles. The number of nitrogens with one attached hydrogen (secondary N) is 1. The minimum atomic E-state index is 0.0158. The van der Waals surface area contributed by atoms with E-state index in [0.717, 1.165) is 74.9 Å². The molecule has 1 amide bonds. The van der Waals surface area contributed by atoms with Crippen molar-refractivity contribution in [2.75, 3.05) is 31.5 Å². The highest BCUT2D eigenvalue weighted by Crippen LogP contribution is 2.31. The van der Waals surface area contributed by atoms with Gasteiger partial charge in [-0.1, -0.05) is 67.4 Å². The molecule has 2 aromatic heterocycles. The molecule has 0 unspecified atom stereocenters. The molecular formula is C38H46N6O2. The Kier molecular flexibility index (Phi) is 9.15. The molecule has 1 N–H and O–H groups in total. The number of likely N-dealkylation sites (tertiary alicyclic amines) is 2. The van der Waals surface area contributed by atoms with E-state index in [2.05, 4.69) is 53.5 Å². The quantitative estimate of drug-likeness (QED) is 0.240. The minimum Gasteiger partial charge on any atom is -0.351 e. The van der Waals surface area contributed by atoms with Crippen molar-refractivity contribution in [3.8, 4) is 11.1 Å². The number of benzene rings is 2. The Labute approximate surface area is 271 Å². The number of carbonyl (C=O) groups excluding carboxylic acids is 1. The summed E-state index contributed by atoms with van der Waals surface area (Å²) >= 11 is 0. The van der Waals surface area contributed by atoms with Gasteiger partial charge in [-0.15, -0.1) is 0 Å². The van der Waals surface area contributed by atoms with Crippen LogP contribution in [0, 0.1) is 12.8 Å². The van der Waals surface area contributed by atoms with Gasteiger partial charge in [0.25, 0.3) is 5.56 Å². The zero-order valence-corrected chi connectivity index (χ0v) is 27.0. The van der Waals surface area contributed by atoms with Gasteiger partial charge in [0.2, 0.25) is 11.9 Å². The Morgan fingerprint density at radius 3 is 2.33 bits per heavy atom. The second-order valence-electron chi connectivity index (χ2n) is 13.7. The van der Waals surface area contributed by atoms with Crippen LogP contribution in [-0.4, -0.2) is 62.5 Å². The highest BCUT2D eigenvalue weighted by atomic mass is 16.2. The highest BCUT2D eigenvalue weighted by Gasteiger charge is 2.28. The Hall–Kier alpha value is -4.04. The van der Waals surface area contributed by atoms with E-state index in [1.807, 2.05) is 39.9 Å². The predicted octanol–water partition coefficient (Wildman–Crippen LogP) is 6.59. The zero-order chi connectivity index (χ0) is 31.5. The number of piperidine rings is 2. The highest BCUT2D eigenvalue weighted by molar-refractivity contribution is 5.82. The fraction of sp³-hybridized carbons (Fsp3) is 0.474. The number of aromatic nitrogens is 3. The van der Waals surface area contributed by atoms with Gasteiger partial charge in [0.1, 0.15) is 5.65 Å². The number of pyridine rings is 1. The molecule has 8 nitrogen and oxygen atoms in total. The van der Waals surface area contributed by atoms with Crippen LogP contribution >= 0.6 is 0 Å². The molecule has 8 heteroatoms. The lowest BCUT2D eigenvalue weighted by molar-refractivity contribution is -0.133. The maximum absolute atomic E-state index is 14.4. The number of rotatable bonds is 8. The molecular weight excluding hydrogens is 572 g/mol. The number of fused-ring (bicyclic) bond motifs is 1. The number of aryl methyl sites for hydroxylation is 1. The van der Waals surface area contributed by atoms with E-state index in [0.29, 0.717) is 35.4 Å². The Balaban J connectivity index is 1.11. The second kappa shape index (κ2) is 13.8. The van der Waals surface area contributed by atoms with Gasteiger partial charge in [0.05, 0.1) is 0 Å². The van der Waals surface area contributed by atoms with Crippen LogP contribution in [0.2, 0.25) is 0 Å². The largest absolute Gasteiger partial charge is 0.351 e. The van der Waals surface area contributed by atoms with E-state index in [4.69, 9.17) is 9.97 Å². The number of amides is 1. The molecule has 0 spiro atoms. The van der Waals surface area contributed by atoms with Crippen LogP contribution < -0.4 is 10.9 Å². The third-order valence-electron chi connectivity index (χ3n) is 10.5. The van der Waals surface area contributed by atoms with Crippen molar-refractivity contribution in [3.63, 3.8) is 0 Å². The molecule has 1 saturated carbocycles. The summed E-state index contributed by atoms with van der Waals surface area (Å²) in [6.07, 6.45) is 11.0. The number of nitrogens with zero attached hydrogens (tertiary/aromatic N) is 5. The van der Waals surface area contributed by atoms with Crippen molar-refractivity contribution in [1.29, 1.82) is 0 Å². The van der Waals surface area contributed by atoms with Crippen molar-refractivity contribution < 1.29 is 4.79 Å². The average Bonchev–Trinajstić information content (AvgIpc) is 3.59. The van der Waals surface area contributed by atoms with Crippen molar-refractivity contribution in [2.24, 2.45) is 5.92 Å². The molecule has 4 aromatic rings. The number of carbonyl (C=O) groups is 1. The van der Waals surface area contributed by atoms with Gasteiger partial charge < -0.3 is 10.2 Å². The first-order valence-corrected chi connectivity index (χ1v) is 17.3. The molecule has 0 radical (unpaired) electrons. The van der Waals surface area contributed by atoms with E-state index in [9.17, 15) is 9.59 Å². The molecule has 4 heterocycles. The molecule has 2 aromatic carbocycles. The summed E-state index contributed by atoms with van der Waals surface area (Å²) in [6, 6.07) is 20.9. The number of anilines is 1.